The summed E-state index contributed by atoms with van der Waals surface area (Å²) in [6.45, 7) is 3.73. The number of morpholine rings is 1. The molecule has 12 nitrogen and oxygen atoms in total. The fourth-order valence-electron chi connectivity index (χ4n) is 4.39. The third-order valence-corrected chi connectivity index (χ3v) is 6.11. The van der Waals surface area contributed by atoms with Crippen LogP contribution in [0.1, 0.15) is 12.8 Å². The van der Waals surface area contributed by atoms with E-state index in [4.69, 9.17) is 21.9 Å². The van der Waals surface area contributed by atoms with Crippen LogP contribution in [-0.2, 0) is 9.53 Å². The molecule has 9 N–H and O–H groups in total. The molecule has 1 atom stereocenters. The number of halogens is 1. The molecule has 35 heavy (non-hydrogen) atoms. The van der Waals surface area contributed by atoms with Crippen LogP contribution in [0.25, 0.3) is 0 Å². The van der Waals surface area contributed by atoms with Gasteiger partial charge in [-0.3, -0.25) is 4.79 Å². The maximum atomic E-state index is 14.9. The Morgan fingerprint density at radius 1 is 1.26 bits per heavy atom. The first-order valence-electron chi connectivity index (χ1n) is 11.6. The van der Waals surface area contributed by atoms with E-state index in [0.29, 0.717) is 45.2 Å². The molecule has 3 heterocycles. The van der Waals surface area contributed by atoms with E-state index in [0.717, 1.165) is 24.5 Å². The lowest BCUT2D eigenvalue weighted by molar-refractivity contribution is -0.529. The number of nitrogens with zero attached hydrogens (tertiary/aromatic N) is 5. The Balaban J connectivity index is 1.57. The molecule has 0 aromatic heterocycles. The number of rotatable bonds is 4. The summed E-state index contributed by atoms with van der Waals surface area (Å²) in [6, 6.07) is 4.53. The largest absolute Gasteiger partial charge is 0.409 e. The monoisotopic (exact) mass is 488 g/mol. The number of anilines is 1. The number of carbonyl (C=O) groups excluding carboxylic acids is 1. The minimum atomic E-state index is -0.472. The Hall–Kier alpha value is -3.71. The third-order valence-electron chi connectivity index (χ3n) is 6.11. The first-order chi connectivity index (χ1) is 16.8. The summed E-state index contributed by atoms with van der Waals surface area (Å²) in [5, 5.41) is 1.64. The highest BCUT2D eigenvalue weighted by Gasteiger charge is 2.33. The maximum Gasteiger partial charge on any atom is 0.409 e. The fourth-order valence-corrected chi connectivity index (χ4v) is 4.39. The molecule has 1 aromatic carbocycles. The van der Waals surface area contributed by atoms with Crippen LogP contribution < -0.4 is 32.4 Å². The third kappa shape index (κ3) is 5.87. The highest BCUT2D eigenvalue weighted by Crippen LogP contribution is 2.25. The van der Waals surface area contributed by atoms with Crippen molar-refractivity contribution in [1.82, 2.24) is 9.80 Å². The van der Waals surface area contributed by atoms with Crippen LogP contribution in [0.15, 0.2) is 40.1 Å². The second kappa shape index (κ2) is 10.7. The number of quaternary nitrogens is 1. The Kier molecular flexibility index (Phi) is 7.46. The lowest BCUT2D eigenvalue weighted by atomic mass is 10.2. The summed E-state index contributed by atoms with van der Waals surface area (Å²) in [5.41, 5.74) is 17.8. The molecule has 1 aromatic rings. The summed E-state index contributed by atoms with van der Waals surface area (Å²) in [7, 11) is 1.90. The van der Waals surface area contributed by atoms with Gasteiger partial charge in [-0.2, -0.15) is 4.99 Å². The quantitative estimate of drug-likeness (QED) is 0.218. The molecule has 0 saturated carbocycles. The van der Waals surface area contributed by atoms with Crippen molar-refractivity contribution in [2.45, 2.75) is 18.9 Å². The van der Waals surface area contributed by atoms with Gasteiger partial charge in [-0.25, -0.2) is 14.7 Å². The first kappa shape index (κ1) is 24.4. The molecule has 0 aliphatic carbocycles. The van der Waals surface area contributed by atoms with Gasteiger partial charge < -0.3 is 36.6 Å². The summed E-state index contributed by atoms with van der Waals surface area (Å²) in [5.74, 6) is 0.727. The average molecular weight is 489 g/mol. The van der Waals surface area contributed by atoms with Gasteiger partial charge in [0.2, 0.25) is 11.7 Å². The van der Waals surface area contributed by atoms with Gasteiger partial charge in [-0.15, -0.1) is 0 Å². The van der Waals surface area contributed by atoms with Crippen molar-refractivity contribution in [3.8, 4) is 0 Å². The molecule has 2 saturated heterocycles. The number of aliphatic imine (C=N–C) groups is 2. The SMILES string of the molecule is CN1CN=C([NH2+]C(=Nc2ccc(N3CCOCC3)cc2F)[NH+]=C(N)N)C=C1N1CCC[C@@H]1C(N)=O. The zero-order valence-electron chi connectivity index (χ0n) is 19.8. The molecular weight excluding hydrogens is 455 g/mol. The lowest BCUT2D eigenvalue weighted by Gasteiger charge is -2.34. The number of amides is 1. The van der Waals surface area contributed by atoms with Gasteiger partial charge in [0.15, 0.2) is 11.5 Å². The van der Waals surface area contributed by atoms with Crippen molar-refractivity contribution in [3.63, 3.8) is 0 Å². The predicted molar refractivity (Wildman–Crippen MR) is 130 cm³/mol. The molecule has 0 radical (unpaired) electrons. The van der Waals surface area contributed by atoms with Gasteiger partial charge in [0.1, 0.15) is 18.5 Å². The second-order valence-electron chi connectivity index (χ2n) is 8.64. The van der Waals surface area contributed by atoms with Crippen LogP contribution in [-0.4, -0.2) is 86.1 Å². The minimum absolute atomic E-state index is 0.0867. The van der Waals surface area contributed by atoms with Crippen molar-refractivity contribution < 1.29 is 24.2 Å². The summed E-state index contributed by atoms with van der Waals surface area (Å²) >= 11 is 0. The van der Waals surface area contributed by atoms with E-state index in [1.807, 2.05) is 29.0 Å². The van der Waals surface area contributed by atoms with E-state index in [2.05, 4.69) is 19.9 Å². The molecule has 2 fully saturated rings. The molecular formula is C22H33FN10O2+2. The van der Waals surface area contributed by atoms with Crippen LogP contribution in [0, 0.1) is 5.82 Å². The number of nitrogens with one attached hydrogen (secondary N) is 1. The van der Waals surface area contributed by atoms with Gasteiger partial charge in [0, 0.05) is 38.4 Å². The average Bonchev–Trinajstić information content (AvgIpc) is 3.32. The van der Waals surface area contributed by atoms with Crippen molar-refractivity contribution in [2.24, 2.45) is 27.2 Å². The zero-order valence-corrected chi connectivity index (χ0v) is 19.8. The number of hydrogen-bond acceptors (Lipinski definition) is 7. The fraction of sp³-hybridized carbons (Fsp3) is 0.455. The number of carbonyl (C=O) groups is 1. The van der Waals surface area contributed by atoms with E-state index < -0.39 is 5.82 Å². The van der Waals surface area contributed by atoms with Gasteiger partial charge >= 0.3 is 11.9 Å². The summed E-state index contributed by atoms with van der Waals surface area (Å²) in [6.07, 6.45) is 3.43. The van der Waals surface area contributed by atoms with Crippen LogP contribution in [0.4, 0.5) is 15.8 Å². The lowest BCUT2D eigenvalue weighted by Crippen LogP contribution is -3.08. The number of amidine groups is 1. The van der Waals surface area contributed by atoms with Crippen molar-refractivity contribution in [3.05, 3.63) is 35.9 Å². The van der Waals surface area contributed by atoms with Gasteiger partial charge in [0.05, 0.1) is 19.3 Å². The topological polar surface area (TPSA) is 169 Å². The standard InChI is InChI=1S/C22H31FN10O2/c1-31-13-27-18(12-19(31)33-6-2-3-17(33)20(24)34)29-22(30-21(25)26)28-16-5-4-14(11-15(16)23)32-7-9-35-10-8-32/h4-5,11-12,17H,2-3,6-10,13H2,1H3,(H2,24,34)(H5,25,26,27,28,29,30)/p+2/t17-/m1/s1. The van der Waals surface area contributed by atoms with Crippen LogP contribution in [0.5, 0.6) is 0 Å². The van der Waals surface area contributed by atoms with Gasteiger partial charge in [-0.1, -0.05) is 4.99 Å². The summed E-state index contributed by atoms with van der Waals surface area (Å²) in [4.78, 5) is 29.6. The molecule has 0 unspecified atom stereocenters. The molecule has 13 heteroatoms. The Bertz CT molecular complexity index is 1080. The normalized spacial score (nSPS) is 21.0. The van der Waals surface area contributed by atoms with Crippen molar-refractivity contribution >= 4 is 35.0 Å². The van der Waals surface area contributed by atoms with Crippen LogP contribution in [0.2, 0.25) is 0 Å². The number of primary amides is 1. The molecule has 0 bridgehead atoms. The zero-order chi connectivity index (χ0) is 24.9. The molecule has 3 aliphatic rings. The van der Waals surface area contributed by atoms with E-state index in [-0.39, 0.29) is 29.6 Å². The summed E-state index contributed by atoms with van der Waals surface area (Å²) < 4.78 is 20.3. The molecule has 188 valence electrons. The molecule has 4 rings (SSSR count). The number of hydrogen-bond donors (Lipinski definition) is 5. The predicted octanol–water partition coefficient (Wildman–Crippen LogP) is -3.34. The van der Waals surface area contributed by atoms with Crippen LogP contribution in [0.3, 0.4) is 0 Å². The van der Waals surface area contributed by atoms with Crippen molar-refractivity contribution in [1.29, 1.82) is 0 Å². The Morgan fingerprint density at radius 3 is 2.71 bits per heavy atom. The van der Waals surface area contributed by atoms with E-state index in [1.54, 1.807) is 11.4 Å². The number of nitrogens with two attached hydrogens (primary N) is 4. The minimum Gasteiger partial charge on any atom is -0.378 e. The molecule has 3 aliphatic heterocycles. The first-order valence-corrected chi connectivity index (χ1v) is 11.6. The van der Waals surface area contributed by atoms with Gasteiger partial charge in [0.25, 0.3) is 0 Å². The Labute approximate surface area is 203 Å². The van der Waals surface area contributed by atoms with E-state index in [9.17, 15) is 9.18 Å². The molecule has 1 amide bonds. The van der Waals surface area contributed by atoms with E-state index in [1.165, 1.54) is 6.07 Å². The Morgan fingerprint density at radius 2 is 2.03 bits per heavy atom. The highest BCUT2D eigenvalue weighted by atomic mass is 19.1. The smallest absolute Gasteiger partial charge is 0.378 e. The van der Waals surface area contributed by atoms with Crippen molar-refractivity contribution in [2.75, 3.05) is 51.5 Å². The van der Waals surface area contributed by atoms with Gasteiger partial charge in [-0.05, 0) is 25.0 Å². The number of guanidine groups is 2. The molecule has 0 spiro atoms. The number of benzene rings is 1. The van der Waals surface area contributed by atoms with E-state index >= 15 is 0 Å². The highest BCUT2D eigenvalue weighted by molar-refractivity contribution is 5.92. The number of likely N-dealkylation sites (tertiary alicyclic amines) is 1. The van der Waals surface area contributed by atoms with Crippen LogP contribution >= 0.6 is 0 Å². The second-order valence-corrected chi connectivity index (χ2v) is 8.64. The maximum absolute atomic E-state index is 14.9. The number of ether oxygens (including phenoxy) is 1.